The summed E-state index contributed by atoms with van der Waals surface area (Å²) in [5.41, 5.74) is 0.737. The van der Waals surface area contributed by atoms with E-state index in [4.69, 9.17) is 53.7 Å². The minimum atomic E-state index is -4.67. The molecule has 0 aliphatic carbocycles. The molecule has 0 bridgehead atoms. The van der Waals surface area contributed by atoms with Crippen LogP contribution in [-0.2, 0) is 59.4 Å². The largest absolute Gasteiger partial charge is 0.497 e. The number of fused-ring (bicyclic) bond motifs is 3. The van der Waals surface area contributed by atoms with Gasteiger partial charge in [0.1, 0.15) is 59.3 Å². The molecule has 0 saturated carbocycles. The third kappa shape index (κ3) is 12.7. The molecular formula is C61H66FN10O14PSSi. The van der Waals surface area contributed by atoms with Crippen LogP contribution in [0, 0.1) is 0 Å². The van der Waals surface area contributed by atoms with E-state index in [1.54, 1.807) is 68.8 Å². The summed E-state index contributed by atoms with van der Waals surface area (Å²) in [5.74, 6) is -0.0528. The number of alkyl halides is 1. The van der Waals surface area contributed by atoms with Crippen LogP contribution in [0.2, 0.25) is 18.1 Å². The van der Waals surface area contributed by atoms with Gasteiger partial charge in [0, 0.05) is 24.4 Å². The highest BCUT2D eigenvalue weighted by atomic mass is 32.5. The number of ketones is 1. The van der Waals surface area contributed by atoms with E-state index < -0.39 is 105 Å². The molecule has 2 aliphatic heterocycles. The number of carbonyl (C=O) groups is 3. The molecule has 9 aromatic rings. The number of aromatic nitrogens is 9. The van der Waals surface area contributed by atoms with E-state index in [0.717, 1.165) is 0 Å². The van der Waals surface area contributed by atoms with E-state index in [0.29, 0.717) is 33.8 Å². The van der Waals surface area contributed by atoms with Gasteiger partial charge in [0.15, 0.2) is 55.5 Å². The summed E-state index contributed by atoms with van der Waals surface area (Å²) in [5, 5.41) is 2.37. The minimum absolute atomic E-state index is 0.0419. The molecule has 2 aliphatic rings. The number of benzene rings is 4. The van der Waals surface area contributed by atoms with Gasteiger partial charge in [-0.3, -0.25) is 28.0 Å². The molecule has 89 heavy (non-hydrogen) atoms. The first-order valence-electron chi connectivity index (χ1n) is 28.5. The Morgan fingerprint density at radius 1 is 0.764 bits per heavy atom. The second kappa shape index (κ2) is 25.5. The number of nitrogens with one attached hydrogen (secondary N) is 2. The van der Waals surface area contributed by atoms with Crippen molar-refractivity contribution in [3.05, 3.63) is 173 Å². The van der Waals surface area contributed by atoms with E-state index >= 15 is 4.39 Å². The molecule has 0 spiro atoms. The molecule has 9 atom stereocenters. The lowest BCUT2D eigenvalue weighted by Crippen LogP contribution is -2.50. The van der Waals surface area contributed by atoms with Crippen molar-refractivity contribution in [1.29, 1.82) is 0 Å². The first kappa shape index (κ1) is 62.6. The number of Topliss-reactive ketones (excluding diaryl/α,β-unsaturated/α-hetero) is 1. The number of rotatable bonds is 23. The van der Waals surface area contributed by atoms with Gasteiger partial charge in [0.25, 0.3) is 11.5 Å². The first-order valence-corrected chi connectivity index (χ1v) is 34.0. The molecular weight excluding hydrogens is 1210 g/mol. The lowest BCUT2D eigenvalue weighted by Gasteiger charge is -2.40. The number of ether oxygens (including phenoxy) is 6. The van der Waals surface area contributed by atoms with Crippen molar-refractivity contribution in [2.24, 2.45) is 0 Å². The molecule has 3 N–H and O–H groups in total. The van der Waals surface area contributed by atoms with Crippen LogP contribution in [0.4, 0.5) is 10.2 Å². The summed E-state index contributed by atoms with van der Waals surface area (Å²) in [6, 6.07) is 32.5. The van der Waals surface area contributed by atoms with E-state index in [1.807, 2.05) is 88.5 Å². The van der Waals surface area contributed by atoms with Gasteiger partial charge in [-0.15, -0.1) is 0 Å². The van der Waals surface area contributed by atoms with Crippen LogP contribution >= 0.6 is 6.72 Å². The van der Waals surface area contributed by atoms with Gasteiger partial charge in [-0.2, -0.15) is 0 Å². The summed E-state index contributed by atoms with van der Waals surface area (Å²) in [4.78, 5) is 90.7. The normalized spacial score (nSPS) is 21.3. The zero-order chi connectivity index (χ0) is 63.0. The maximum Gasteiger partial charge on any atom is 0.325 e. The lowest BCUT2D eigenvalue weighted by atomic mass is 9.80. The first-order chi connectivity index (χ1) is 42.6. The molecule has 2 saturated heterocycles. The fourth-order valence-electron chi connectivity index (χ4n) is 10.7. The Labute approximate surface area is 516 Å². The van der Waals surface area contributed by atoms with E-state index in [2.05, 4.69) is 35.2 Å². The van der Waals surface area contributed by atoms with Gasteiger partial charge in [-0.05, 0) is 90.0 Å². The summed E-state index contributed by atoms with van der Waals surface area (Å²) >= 11 is 5.84. The van der Waals surface area contributed by atoms with Crippen LogP contribution in [0.25, 0.3) is 28.1 Å². The molecule has 1 amide bonds. The molecule has 1 unspecified atom stereocenters. The smallest absolute Gasteiger partial charge is 0.325 e. The van der Waals surface area contributed by atoms with Crippen molar-refractivity contribution in [2.45, 2.75) is 113 Å². The maximum atomic E-state index is 18.1. The van der Waals surface area contributed by atoms with Gasteiger partial charge in [0.05, 0.1) is 46.5 Å². The Bertz CT molecular complexity index is 4090. The number of aromatic amines is 1. The predicted molar refractivity (Wildman–Crippen MR) is 329 cm³/mol. The molecule has 2 fully saturated rings. The number of imidazole rings is 3. The number of halogens is 1. The molecule has 11 rings (SSSR count). The minimum Gasteiger partial charge on any atom is -0.497 e. The summed E-state index contributed by atoms with van der Waals surface area (Å²) in [6.45, 7) is 5.71. The number of carbonyl (C=O) groups excluding carboxylic acids is 3. The Hall–Kier alpha value is -7.95. The van der Waals surface area contributed by atoms with Crippen molar-refractivity contribution in [3.63, 3.8) is 0 Å². The van der Waals surface area contributed by atoms with Crippen LogP contribution in [0.3, 0.4) is 0 Å². The maximum absolute atomic E-state index is 18.1. The topological polar surface area (TPSA) is 278 Å². The van der Waals surface area contributed by atoms with E-state index in [-0.39, 0.29) is 52.5 Å². The highest BCUT2D eigenvalue weighted by Crippen LogP contribution is 2.52. The van der Waals surface area contributed by atoms with E-state index in [1.165, 1.54) is 51.8 Å². The van der Waals surface area contributed by atoms with Crippen molar-refractivity contribution < 1.29 is 65.6 Å². The van der Waals surface area contributed by atoms with Gasteiger partial charge in [-0.25, -0.2) is 33.7 Å². The third-order valence-electron chi connectivity index (χ3n) is 16.3. The average Bonchev–Trinajstić information content (AvgIpc) is 1.78. The van der Waals surface area contributed by atoms with Gasteiger partial charge < -0.3 is 57.4 Å². The molecule has 0 radical (unpaired) electrons. The van der Waals surface area contributed by atoms with Crippen LogP contribution in [-0.4, -0.2) is 138 Å². The monoisotopic (exact) mass is 1270 g/mol. The fourth-order valence-corrected chi connectivity index (χ4v) is 13.4. The summed E-state index contributed by atoms with van der Waals surface area (Å²) in [6.07, 6.45) is -5.50. The van der Waals surface area contributed by atoms with Crippen LogP contribution in [0.15, 0.2) is 145 Å². The zero-order valence-electron chi connectivity index (χ0n) is 49.8. The lowest BCUT2D eigenvalue weighted by molar-refractivity contribution is -0.158. The molecule has 7 heterocycles. The number of hydrogen-bond acceptors (Lipinski definition) is 19. The predicted octanol–water partition coefficient (Wildman–Crippen LogP) is 8.91. The van der Waals surface area contributed by atoms with Crippen molar-refractivity contribution >= 4 is 78.4 Å². The highest BCUT2D eigenvalue weighted by molar-refractivity contribution is 8.07. The number of hydrogen-bond donors (Lipinski definition) is 3. The van der Waals surface area contributed by atoms with Gasteiger partial charge >= 0.3 is 12.7 Å². The van der Waals surface area contributed by atoms with Crippen LogP contribution in [0.1, 0.15) is 80.0 Å². The Morgan fingerprint density at radius 2 is 1.37 bits per heavy atom. The summed E-state index contributed by atoms with van der Waals surface area (Å²) < 4.78 is 80.0. The van der Waals surface area contributed by atoms with Crippen molar-refractivity contribution in [1.82, 2.24) is 43.4 Å². The zero-order valence-corrected chi connectivity index (χ0v) is 52.5. The molecule has 28 heteroatoms. The van der Waals surface area contributed by atoms with Gasteiger partial charge in [0.2, 0.25) is 5.78 Å². The van der Waals surface area contributed by atoms with E-state index in [9.17, 15) is 24.1 Å². The number of esters is 1. The number of methoxy groups -OCH3 is 2. The van der Waals surface area contributed by atoms with Crippen LogP contribution < -0.4 is 20.3 Å². The number of nitrogens with zero attached hydrogens (tertiary/aromatic N) is 8. The summed E-state index contributed by atoms with van der Waals surface area (Å²) in [7, 11) is 0.232. The Morgan fingerprint density at radius 3 is 2.01 bits per heavy atom. The van der Waals surface area contributed by atoms with Crippen molar-refractivity contribution in [3.8, 4) is 11.5 Å². The second-order valence-corrected chi connectivity index (χ2v) is 30.5. The third-order valence-corrected chi connectivity index (χ3v) is 22.3. The standard InChI is InChI=1S/C61H66FN10O14PSSi/c1-36(73)19-28-45(74)84-51-50(86-89(7,8)60(2,3)4)44(83-58(51)71-34-66-47-52(64-33-65-53(47)71)68-55(75)37-15-11-9-12-16-37)32-81-87(77,88)85-49-43(82-57(46(49)62)72-35-67-48-54(72)69-59-63-29-30-70(59)56(48)76)31-80-61(38-17-13-10-14-18-38,39-20-24-41(78-5)25-21-39)40-22-26-42(79-6)27-23-40/h9-18,20-27,29-30,33-35,43-44,46,49-51,57-58H,19,28,31-32H2,1-8H3,(H,63,69)(H,77,88)(H,64,65,68,75)/t43-,44-,46+,49-,50-,51-,57-,58-,87?/m1/s1. The highest BCUT2D eigenvalue weighted by Gasteiger charge is 2.55. The SMILES string of the molecule is COc1ccc(C(OC[C@H]2O[C@@H](n3cnc4c(=O)n5ccnc5[nH]c43)[C@@H](F)[C@@H]2OP(O)(=S)OC[C@H]2O[C@@H](n3cnc4c(NC(=O)c5ccccc5)ncnc43)[C@H](OC(=O)CCC(C)=O)[C@@H]2O[Si](C)(C)C(C)(C)C)(c2ccccc2)c2ccc(OC)cc2)cc1. The average molecular weight is 1270 g/mol. The Kier molecular flexibility index (Phi) is 18.0. The van der Waals surface area contributed by atoms with Crippen LogP contribution in [0.5, 0.6) is 11.5 Å². The molecule has 5 aromatic heterocycles. The molecule has 466 valence electrons. The van der Waals surface area contributed by atoms with Crippen molar-refractivity contribution in [2.75, 3.05) is 32.8 Å². The molecule has 4 aromatic carbocycles. The fraction of sp³-hybridized carbons (Fsp3) is 0.361. The second-order valence-electron chi connectivity index (χ2n) is 23.0. The number of H-pyrrole nitrogens is 1. The van der Waals surface area contributed by atoms with Gasteiger partial charge in [-0.1, -0.05) is 93.6 Å². The molecule has 24 nitrogen and oxygen atoms in total. The number of amides is 1. The number of anilines is 1. The Balaban J connectivity index is 0.952. The quantitative estimate of drug-likeness (QED) is 0.0233.